The van der Waals surface area contributed by atoms with Crippen LogP contribution in [0.5, 0.6) is 5.75 Å². The van der Waals surface area contributed by atoms with Crippen molar-refractivity contribution < 1.29 is 18.7 Å². The number of ether oxygens (including phenoxy) is 1. The molecular formula is C25H18Br2FNO3S. The third-order valence-corrected chi connectivity index (χ3v) is 7.07. The van der Waals surface area contributed by atoms with E-state index in [4.69, 9.17) is 4.74 Å². The number of carbonyl (C=O) groups is 2. The Bertz CT molecular complexity index is 1240. The molecule has 3 aromatic carbocycles. The van der Waals surface area contributed by atoms with Gasteiger partial charge in [0, 0.05) is 5.56 Å². The van der Waals surface area contributed by atoms with Gasteiger partial charge >= 0.3 is 0 Å². The number of hydrogen-bond donors (Lipinski definition) is 0. The van der Waals surface area contributed by atoms with Gasteiger partial charge in [-0.1, -0.05) is 48.0 Å². The molecule has 168 valence electrons. The van der Waals surface area contributed by atoms with Crippen LogP contribution >= 0.6 is 43.6 Å². The number of nitrogens with zero attached hydrogens (tertiary/aromatic N) is 1. The summed E-state index contributed by atoms with van der Waals surface area (Å²) < 4.78 is 21.3. The van der Waals surface area contributed by atoms with Gasteiger partial charge in [-0.05, 0) is 85.9 Å². The van der Waals surface area contributed by atoms with Gasteiger partial charge in [0.15, 0.2) is 0 Å². The quantitative estimate of drug-likeness (QED) is 0.279. The molecule has 0 radical (unpaired) electrons. The van der Waals surface area contributed by atoms with Gasteiger partial charge in [-0.25, -0.2) is 4.39 Å². The van der Waals surface area contributed by atoms with Crippen molar-refractivity contribution in [3.05, 3.63) is 103 Å². The van der Waals surface area contributed by atoms with Gasteiger partial charge in [-0.3, -0.25) is 14.5 Å². The first-order valence-corrected chi connectivity index (χ1v) is 12.4. The zero-order valence-electron chi connectivity index (χ0n) is 17.5. The van der Waals surface area contributed by atoms with Crippen LogP contribution in [0.4, 0.5) is 9.18 Å². The Morgan fingerprint density at radius 3 is 2.36 bits per heavy atom. The minimum atomic E-state index is -0.449. The fourth-order valence-corrected chi connectivity index (χ4v) is 5.51. The molecule has 1 aliphatic rings. The Hall–Kier alpha value is -2.42. The molecule has 1 aliphatic heterocycles. The second-order valence-corrected chi connectivity index (χ2v) is 10.1. The number of imide groups is 1. The molecule has 33 heavy (non-hydrogen) atoms. The maximum Gasteiger partial charge on any atom is 0.293 e. The molecule has 0 N–H and O–H groups in total. The second-order valence-electron chi connectivity index (χ2n) is 7.45. The summed E-state index contributed by atoms with van der Waals surface area (Å²) in [5.41, 5.74) is 3.24. The maximum atomic E-state index is 14.0. The summed E-state index contributed by atoms with van der Waals surface area (Å²) in [6.45, 7) is 2.34. The van der Waals surface area contributed by atoms with E-state index in [1.54, 1.807) is 24.3 Å². The molecule has 4 rings (SSSR count). The summed E-state index contributed by atoms with van der Waals surface area (Å²) in [6, 6.07) is 17.8. The average molecular weight is 591 g/mol. The van der Waals surface area contributed by atoms with Crippen LogP contribution < -0.4 is 4.74 Å². The molecular weight excluding hydrogens is 573 g/mol. The average Bonchev–Trinajstić information content (AvgIpc) is 3.03. The Morgan fingerprint density at radius 1 is 1.03 bits per heavy atom. The number of benzene rings is 3. The number of carbonyl (C=O) groups excluding carboxylic acids is 2. The zero-order valence-corrected chi connectivity index (χ0v) is 21.5. The van der Waals surface area contributed by atoms with Crippen LogP contribution in [-0.4, -0.2) is 16.0 Å². The summed E-state index contributed by atoms with van der Waals surface area (Å²) in [5.74, 6) is -0.254. The van der Waals surface area contributed by atoms with Crippen molar-refractivity contribution in [3.63, 3.8) is 0 Å². The van der Waals surface area contributed by atoms with Crippen LogP contribution in [0.1, 0.15) is 22.3 Å². The zero-order chi connectivity index (χ0) is 23.5. The summed E-state index contributed by atoms with van der Waals surface area (Å²) in [5, 5.41) is -0.425. The van der Waals surface area contributed by atoms with E-state index in [0.717, 1.165) is 22.2 Å². The Morgan fingerprint density at radius 2 is 1.70 bits per heavy atom. The van der Waals surface area contributed by atoms with Gasteiger partial charge in [-0.15, -0.1) is 0 Å². The number of halogens is 3. The van der Waals surface area contributed by atoms with Crippen LogP contribution in [0.2, 0.25) is 0 Å². The first-order chi connectivity index (χ1) is 15.8. The van der Waals surface area contributed by atoms with Gasteiger partial charge in [0.2, 0.25) is 0 Å². The smallest absolute Gasteiger partial charge is 0.293 e. The van der Waals surface area contributed by atoms with Crippen LogP contribution in [0.15, 0.2) is 74.5 Å². The molecule has 0 spiro atoms. The van der Waals surface area contributed by atoms with E-state index < -0.39 is 17.0 Å². The van der Waals surface area contributed by atoms with Gasteiger partial charge in [0.1, 0.15) is 18.2 Å². The third-order valence-electron chi connectivity index (χ3n) is 4.98. The van der Waals surface area contributed by atoms with Gasteiger partial charge in [-0.2, -0.15) is 0 Å². The minimum Gasteiger partial charge on any atom is -0.487 e. The fraction of sp³-hybridized carbons (Fsp3) is 0.120. The third kappa shape index (κ3) is 5.57. The van der Waals surface area contributed by atoms with Gasteiger partial charge < -0.3 is 4.74 Å². The van der Waals surface area contributed by atoms with Crippen molar-refractivity contribution in [2.24, 2.45) is 0 Å². The molecule has 8 heteroatoms. The molecule has 0 aromatic heterocycles. The van der Waals surface area contributed by atoms with Gasteiger partial charge in [0.05, 0.1) is 20.4 Å². The van der Waals surface area contributed by atoms with Crippen LogP contribution in [0.3, 0.4) is 0 Å². The first kappa shape index (κ1) is 23.7. The highest BCUT2D eigenvalue weighted by Crippen LogP contribution is 2.38. The van der Waals surface area contributed by atoms with Crippen molar-refractivity contribution in [2.45, 2.75) is 20.1 Å². The number of aryl methyl sites for hydroxylation is 1. The fourth-order valence-electron chi connectivity index (χ4n) is 3.23. The van der Waals surface area contributed by atoms with Crippen molar-refractivity contribution in [1.82, 2.24) is 4.90 Å². The molecule has 0 bridgehead atoms. The van der Waals surface area contributed by atoms with Crippen LogP contribution in [0, 0.1) is 12.7 Å². The molecule has 4 nitrogen and oxygen atoms in total. The highest BCUT2D eigenvalue weighted by atomic mass is 79.9. The molecule has 1 saturated heterocycles. The van der Waals surface area contributed by atoms with E-state index in [-0.39, 0.29) is 11.4 Å². The second kappa shape index (κ2) is 10.2. The summed E-state index contributed by atoms with van der Waals surface area (Å²) >= 11 is 7.90. The van der Waals surface area contributed by atoms with E-state index in [9.17, 15) is 14.0 Å². The maximum absolute atomic E-state index is 14.0. The topological polar surface area (TPSA) is 46.6 Å². The summed E-state index contributed by atoms with van der Waals surface area (Å²) in [6.07, 6.45) is 1.64. The lowest BCUT2D eigenvalue weighted by atomic mass is 10.1. The van der Waals surface area contributed by atoms with E-state index >= 15 is 0 Å². The molecule has 0 saturated carbocycles. The summed E-state index contributed by atoms with van der Waals surface area (Å²) in [4.78, 5) is 26.5. The Balaban J connectivity index is 1.50. The molecule has 1 fully saturated rings. The number of hydrogen-bond acceptors (Lipinski definition) is 4. The largest absolute Gasteiger partial charge is 0.487 e. The van der Waals surface area contributed by atoms with Crippen LogP contribution in [-0.2, 0) is 17.9 Å². The monoisotopic (exact) mass is 589 g/mol. The van der Waals surface area contributed by atoms with Crippen molar-refractivity contribution in [2.75, 3.05) is 0 Å². The molecule has 0 aliphatic carbocycles. The summed E-state index contributed by atoms with van der Waals surface area (Å²) in [7, 11) is 0. The SMILES string of the molecule is Cc1ccc(COc2c(Br)cc(/C=C3\SC(=O)N(Cc4ccccc4F)C3=O)cc2Br)cc1. The number of thioether (sulfide) groups is 1. The molecule has 3 aromatic rings. The van der Waals surface area contributed by atoms with Crippen molar-refractivity contribution >= 4 is 60.8 Å². The normalized spacial score (nSPS) is 14.9. The van der Waals surface area contributed by atoms with Crippen LogP contribution in [0.25, 0.3) is 6.08 Å². The predicted octanol–water partition coefficient (Wildman–Crippen LogP) is 7.47. The Kier molecular flexibility index (Phi) is 7.36. The first-order valence-electron chi connectivity index (χ1n) is 9.98. The molecule has 2 amide bonds. The minimum absolute atomic E-state index is 0.103. The van der Waals surface area contributed by atoms with E-state index in [1.807, 2.05) is 43.3 Å². The number of rotatable bonds is 6. The lowest BCUT2D eigenvalue weighted by Crippen LogP contribution is -2.27. The van der Waals surface area contributed by atoms with E-state index in [0.29, 0.717) is 32.4 Å². The molecule has 1 heterocycles. The standard InChI is InChI=1S/C25H18Br2FNO3S/c1-15-6-8-16(9-7-15)14-32-23-19(26)10-17(11-20(23)27)12-22-24(30)29(25(31)33-22)13-18-4-2-3-5-21(18)28/h2-12H,13-14H2,1H3/b22-12-. The highest BCUT2D eigenvalue weighted by molar-refractivity contribution is 9.11. The highest BCUT2D eigenvalue weighted by Gasteiger charge is 2.35. The van der Waals surface area contributed by atoms with E-state index in [2.05, 4.69) is 31.9 Å². The number of amides is 2. The van der Waals surface area contributed by atoms with Gasteiger partial charge in [0.25, 0.3) is 11.1 Å². The molecule has 0 unspecified atom stereocenters. The molecule has 0 atom stereocenters. The van der Waals surface area contributed by atoms with Crippen molar-refractivity contribution in [3.8, 4) is 5.75 Å². The predicted molar refractivity (Wildman–Crippen MR) is 135 cm³/mol. The van der Waals surface area contributed by atoms with Crippen molar-refractivity contribution in [1.29, 1.82) is 0 Å². The lowest BCUT2D eigenvalue weighted by Gasteiger charge is -2.13. The Labute approximate surface area is 212 Å². The lowest BCUT2D eigenvalue weighted by molar-refractivity contribution is -0.123. The van der Waals surface area contributed by atoms with E-state index in [1.165, 1.54) is 11.6 Å².